The fourth-order valence-electron chi connectivity index (χ4n) is 2.76. The first-order valence-electron chi connectivity index (χ1n) is 6.33. The Morgan fingerprint density at radius 2 is 1.80 bits per heavy atom. The Bertz CT molecular complexity index is 198. The van der Waals surface area contributed by atoms with Crippen molar-refractivity contribution in [1.82, 2.24) is 9.80 Å². The summed E-state index contributed by atoms with van der Waals surface area (Å²) in [6.45, 7) is 8.65. The molecule has 2 rings (SSSR count). The summed E-state index contributed by atoms with van der Waals surface area (Å²) in [5.74, 6) is 0.853. The maximum atomic E-state index is 12.9. The monoisotopic (exact) mass is 214 g/mol. The van der Waals surface area contributed by atoms with Gasteiger partial charge in [0.1, 0.15) is 6.17 Å². The summed E-state index contributed by atoms with van der Waals surface area (Å²) in [5.41, 5.74) is 0. The van der Waals surface area contributed by atoms with Crippen molar-refractivity contribution < 1.29 is 4.39 Å². The van der Waals surface area contributed by atoms with Crippen molar-refractivity contribution >= 4 is 0 Å². The lowest BCUT2D eigenvalue weighted by Crippen LogP contribution is -2.39. The van der Waals surface area contributed by atoms with Crippen molar-refractivity contribution in [3.8, 4) is 0 Å². The van der Waals surface area contributed by atoms with Crippen molar-refractivity contribution in [1.29, 1.82) is 0 Å². The van der Waals surface area contributed by atoms with Crippen LogP contribution in [-0.4, -0.2) is 55.2 Å². The number of hydrogen-bond donors (Lipinski definition) is 0. The third-order valence-electron chi connectivity index (χ3n) is 3.69. The summed E-state index contributed by atoms with van der Waals surface area (Å²) >= 11 is 0. The van der Waals surface area contributed by atoms with Gasteiger partial charge in [0.05, 0.1) is 0 Å². The van der Waals surface area contributed by atoms with E-state index in [-0.39, 0.29) is 0 Å². The summed E-state index contributed by atoms with van der Waals surface area (Å²) in [6, 6.07) is 0. The Balaban J connectivity index is 1.64. The van der Waals surface area contributed by atoms with Crippen LogP contribution in [0.15, 0.2) is 0 Å². The molecule has 2 aliphatic heterocycles. The van der Waals surface area contributed by atoms with E-state index in [1.807, 2.05) is 0 Å². The predicted octanol–water partition coefficient (Wildman–Crippen LogP) is 1.76. The molecule has 0 saturated carbocycles. The summed E-state index contributed by atoms with van der Waals surface area (Å²) < 4.78 is 12.9. The van der Waals surface area contributed by atoms with Gasteiger partial charge in [-0.1, -0.05) is 6.92 Å². The van der Waals surface area contributed by atoms with E-state index < -0.39 is 6.17 Å². The van der Waals surface area contributed by atoms with Gasteiger partial charge in [-0.25, -0.2) is 4.39 Å². The van der Waals surface area contributed by atoms with E-state index in [0.717, 1.165) is 32.0 Å². The molecule has 0 spiro atoms. The lowest BCUT2D eigenvalue weighted by molar-refractivity contribution is 0.160. The molecular weight excluding hydrogens is 191 g/mol. The van der Waals surface area contributed by atoms with Gasteiger partial charge in [-0.3, -0.25) is 4.90 Å². The van der Waals surface area contributed by atoms with Crippen LogP contribution in [0.1, 0.15) is 26.2 Å². The van der Waals surface area contributed by atoms with Crippen LogP contribution in [0.25, 0.3) is 0 Å². The Morgan fingerprint density at radius 3 is 2.40 bits per heavy atom. The topological polar surface area (TPSA) is 6.48 Å². The van der Waals surface area contributed by atoms with Crippen molar-refractivity contribution in [3.05, 3.63) is 0 Å². The number of nitrogens with zero attached hydrogens (tertiary/aromatic N) is 2. The fraction of sp³-hybridized carbons (Fsp3) is 1.00. The van der Waals surface area contributed by atoms with Crippen LogP contribution >= 0.6 is 0 Å². The van der Waals surface area contributed by atoms with Crippen LogP contribution in [-0.2, 0) is 0 Å². The van der Waals surface area contributed by atoms with E-state index >= 15 is 0 Å². The van der Waals surface area contributed by atoms with Gasteiger partial charge in [-0.05, 0) is 31.7 Å². The van der Waals surface area contributed by atoms with Crippen LogP contribution in [0.4, 0.5) is 4.39 Å². The van der Waals surface area contributed by atoms with Crippen LogP contribution in [0.3, 0.4) is 0 Å². The normalized spacial score (nSPS) is 34.8. The Morgan fingerprint density at radius 1 is 1.07 bits per heavy atom. The SMILES string of the molecule is C[C@@H]1CCCN(CCN2CC[C@H](F)C2)C1. The van der Waals surface area contributed by atoms with Crippen molar-refractivity contribution in [3.63, 3.8) is 0 Å². The molecule has 0 bridgehead atoms. The molecule has 0 aliphatic carbocycles. The van der Waals surface area contributed by atoms with Gasteiger partial charge in [-0.2, -0.15) is 0 Å². The molecule has 2 aliphatic rings. The minimum Gasteiger partial charge on any atom is -0.302 e. The Hall–Kier alpha value is -0.150. The first kappa shape index (κ1) is 11.3. The molecule has 0 aromatic rings. The number of piperidine rings is 1. The molecule has 2 heterocycles. The highest BCUT2D eigenvalue weighted by molar-refractivity contribution is 4.77. The quantitative estimate of drug-likeness (QED) is 0.706. The molecule has 2 atom stereocenters. The molecule has 15 heavy (non-hydrogen) atoms. The molecule has 2 fully saturated rings. The maximum absolute atomic E-state index is 12.9. The summed E-state index contributed by atoms with van der Waals surface area (Å²) in [4.78, 5) is 4.81. The van der Waals surface area contributed by atoms with E-state index in [2.05, 4.69) is 16.7 Å². The second kappa shape index (κ2) is 5.26. The van der Waals surface area contributed by atoms with E-state index in [0.29, 0.717) is 6.54 Å². The minimum atomic E-state index is -0.565. The summed E-state index contributed by atoms with van der Waals surface area (Å²) in [6.07, 6.45) is 2.90. The number of hydrogen-bond acceptors (Lipinski definition) is 2. The maximum Gasteiger partial charge on any atom is 0.114 e. The molecule has 0 radical (unpaired) electrons. The number of halogens is 1. The lowest BCUT2D eigenvalue weighted by atomic mass is 10.0. The van der Waals surface area contributed by atoms with Crippen LogP contribution in [0.5, 0.6) is 0 Å². The number of alkyl halides is 1. The predicted molar refractivity (Wildman–Crippen MR) is 60.8 cm³/mol. The fourth-order valence-corrected chi connectivity index (χ4v) is 2.76. The van der Waals surface area contributed by atoms with Crippen LogP contribution in [0.2, 0.25) is 0 Å². The molecule has 0 aromatic carbocycles. The smallest absolute Gasteiger partial charge is 0.114 e. The van der Waals surface area contributed by atoms with E-state index in [9.17, 15) is 4.39 Å². The van der Waals surface area contributed by atoms with Gasteiger partial charge in [0.15, 0.2) is 0 Å². The van der Waals surface area contributed by atoms with Crippen LogP contribution in [0, 0.1) is 5.92 Å². The van der Waals surface area contributed by atoms with Gasteiger partial charge >= 0.3 is 0 Å². The average Bonchev–Trinajstić information content (AvgIpc) is 2.62. The largest absolute Gasteiger partial charge is 0.302 e. The van der Waals surface area contributed by atoms with Crippen LogP contribution < -0.4 is 0 Å². The molecule has 0 unspecified atom stereocenters. The highest BCUT2D eigenvalue weighted by Gasteiger charge is 2.22. The first-order valence-corrected chi connectivity index (χ1v) is 6.33. The first-order chi connectivity index (χ1) is 7.24. The Labute approximate surface area is 92.4 Å². The third kappa shape index (κ3) is 3.42. The average molecular weight is 214 g/mol. The molecule has 0 amide bonds. The van der Waals surface area contributed by atoms with E-state index in [1.54, 1.807) is 0 Å². The standard InChI is InChI=1S/C12H23FN2/c1-11-3-2-5-14(9-11)7-8-15-6-4-12(13)10-15/h11-12H,2-10H2,1H3/t11-,12+/m1/s1. The van der Waals surface area contributed by atoms with Crippen molar-refractivity contribution in [2.75, 3.05) is 39.3 Å². The summed E-state index contributed by atoms with van der Waals surface area (Å²) in [7, 11) is 0. The lowest BCUT2D eigenvalue weighted by Gasteiger charge is -2.32. The molecule has 0 N–H and O–H groups in total. The Kier molecular flexibility index (Phi) is 3.98. The number of rotatable bonds is 3. The van der Waals surface area contributed by atoms with Gasteiger partial charge in [-0.15, -0.1) is 0 Å². The zero-order valence-corrected chi connectivity index (χ0v) is 9.79. The molecule has 3 heteroatoms. The minimum absolute atomic E-state index is 0.565. The molecule has 0 aromatic heterocycles. The molecule has 2 nitrogen and oxygen atoms in total. The third-order valence-corrected chi connectivity index (χ3v) is 3.69. The second-order valence-electron chi connectivity index (χ2n) is 5.23. The van der Waals surface area contributed by atoms with E-state index in [4.69, 9.17) is 0 Å². The molecule has 2 saturated heterocycles. The van der Waals surface area contributed by atoms with E-state index in [1.165, 1.54) is 25.9 Å². The highest BCUT2D eigenvalue weighted by atomic mass is 19.1. The van der Waals surface area contributed by atoms with Gasteiger partial charge in [0, 0.05) is 32.7 Å². The summed E-state index contributed by atoms with van der Waals surface area (Å²) in [5, 5.41) is 0. The second-order valence-corrected chi connectivity index (χ2v) is 5.23. The molecular formula is C12H23FN2. The van der Waals surface area contributed by atoms with Gasteiger partial charge < -0.3 is 4.90 Å². The van der Waals surface area contributed by atoms with Gasteiger partial charge in [0.2, 0.25) is 0 Å². The number of likely N-dealkylation sites (tertiary alicyclic amines) is 2. The van der Waals surface area contributed by atoms with Gasteiger partial charge in [0.25, 0.3) is 0 Å². The van der Waals surface area contributed by atoms with Crippen molar-refractivity contribution in [2.45, 2.75) is 32.4 Å². The highest BCUT2D eigenvalue weighted by Crippen LogP contribution is 2.16. The zero-order valence-electron chi connectivity index (χ0n) is 9.79. The van der Waals surface area contributed by atoms with Crippen molar-refractivity contribution in [2.24, 2.45) is 5.92 Å². The molecule has 88 valence electrons. The zero-order chi connectivity index (χ0) is 10.7.